The third-order valence-corrected chi connectivity index (χ3v) is 1.93. The van der Waals surface area contributed by atoms with Gasteiger partial charge in [0.05, 0.1) is 0 Å². The highest BCUT2D eigenvalue weighted by Crippen LogP contribution is 2.22. The Labute approximate surface area is 74.8 Å². The highest BCUT2D eigenvalue weighted by molar-refractivity contribution is 5.17. The van der Waals surface area contributed by atoms with Gasteiger partial charge in [0.2, 0.25) is 0 Å². The number of rotatable bonds is 1. The van der Waals surface area contributed by atoms with Crippen LogP contribution >= 0.6 is 0 Å². The summed E-state index contributed by atoms with van der Waals surface area (Å²) in [6, 6.07) is 4.25. The smallest absolute Gasteiger partial charge is 0.0449 e. The first kappa shape index (κ1) is 9.17. The number of aromatic nitrogens is 1. The van der Waals surface area contributed by atoms with Crippen molar-refractivity contribution in [1.82, 2.24) is 4.68 Å². The first-order chi connectivity index (χ1) is 5.43. The van der Waals surface area contributed by atoms with Gasteiger partial charge >= 0.3 is 0 Å². The van der Waals surface area contributed by atoms with E-state index in [4.69, 9.17) is 0 Å². The quantitative estimate of drug-likeness (QED) is 0.619. The van der Waals surface area contributed by atoms with Gasteiger partial charge in [-0.3, -0.25) is 4.68 Å². The van der Waals surface area contributed by atoms with Crippen molar-refractivity contribution < 1.29 is 0 Å². The molecule has 0 amide bonds. The zero-order chi connectivity index (χ0) is 9.35. The van der Waals surface area contributed by atoms with Crippen LogP contribution in [-0.4, -0.2) is 18.8 Å². The largest absolute Gasteiger partial charge is 0.319 e. The second kappa shape index (κ2) is 2.85. The molecule has 1 rings (SSSR count). The van der Waals surface area contributed by atoms with Crippen LogP contribution in [0.1, 0.15) is 26.5 Å². The molecule has 0 spiro atoms. The van der Waals surface area contributed by atoms with Crippen LogP contribution in [0, 0.1) is 0 Å². The summed E-state index contributed by atoms with van der Waals surface area (Å²) < 4.78 is 2.17. The molecular weight excluding hydrogens is 148 g/mol. The van der Waals surface area contributed by atoms with Gasteiger partial charge < -0.3 is 5.01 Å². The molecule has 12 heavy (non-hydrogen) atoms. The molecule has 0 aliphatic heterocycles. The van der Waals surface area contributed by atoms with Crippen LogP contribution < -0.4 is 5.01 Å². The van der Waals surface area contributed by atoms with Crippen molar-refractivity contribution in [2.24, 2.45) is 0 Å². The third kappa shape index (κ3) is 1.63. The molecule has 0 unspecified atom stereocenters. The van der Waals surface area contributed by atoms with Gasteiger partial charge in [-0.1, -0.05) is 20.8 Å². The Bertz CT molecular complexity index is 253. The summed E-state index contributed by atoms with van der Waals surface area (Å²) >= 11 is 0. The van der Waals surface area contributed by atoms with Crippen molar-refractivity contribution in [2.75, 3.05) is 19.1 Å². The summed E-state index contributed by atoms with van der Waals surface area (Å²) in [4.78, 5) is 0. The zero-order valence-electron chi connectivity index (χ0n) is 8.63. The van der Waals surface area contributed by atoms with E-state index in [9.17, 15) is 0 Å². The van der Waals surface area contributed by atoms with E-state index in [1.807, 2.05) is 0 Å². The molecule has 1 heterocycles. The molecule has 0 radical (unpaired) electrons. The van der Waals surface area contributed by atoms with Crippen LogP contribution in [0.15, 0.2) is 18.3 Å². The first-order valence-corrected chi connectivity index (χ1v) is 4.28. The molecule has 0 aliphatic rings. The molecule has 68 valence electrons. The minimum absolute atomic E-state index is 0.216. The lowest BCUT2D eigenvalue weighted by Gasteiger charge is -2.26. The second-order valence-electron chi connectivity index (χ2n) is 4.34. The van der Waals surface area contributed by atoms with Gasteiger partial charge in [0.15, 0.2) is 0 Å². The molecule has 0 saturated heterocycles. The lowest BCUT2D eigenvalue weighted by molar-refractivity contribution is 0.522. The van der Waals surface area contributed by atoms with E-state index in [0.717, 1.165) is 0 Å². The Balaban J connectivity index is 3.08. The van der Waals surface area contributed by atoms with Crippen molar-refractivity contribution in [3.63, 3.8) is 0 Å². The Morgan fingerprint density at radius 3 is 2.17 bits per heavy atom. The van der Waals surface area contributed by atoms with Crippen molar-refractivity contribution in [2.45, 2.75) is 26.2 Å². The zero-order valence-corrected chi connectivity index (χ0v) is 8.63. The lowest BCUT2D eigenvalue weighted by Crippen LogP contribution is -2.30. The fourth-order valence-electron chi connectivity index (χ4n) is 1.31. The molecule has 0 atom stereocenters. The average Bonchev–Trinajstić information content (AvgIpc) is 2.30. The number of hydrogen-bond acceptors (Lipinski definition) is 1. The minimum Gasteiger partial charge on any atom is -0.319 e. The summed E-state index contributed by atoms with van der Waals surface area (Å²) in [6.45, 7) is 6.67. The summed E-state index contributed by atoms with van der Waals surface area (Å²) in [5.41, 5.74) is 1.56. The molecule has 0 bridgehead atoms. The minimum atomic E-state index is 0.216. The van der Waals surface area contributed by atoms with E-state index in [1.165, 1.54) is 5.69 Å². The van der Waals surface area contributed by atoms with Gasteiger partial charge in [-0.15, -0.1) is 0 Å². The summed E-state index contributed by atoms with van der Waals surface area (Å²) in [5, 5.41) is 2.08. The van der Waals surface area contributed by atoms with Crippen LogP contribution in [0.4, 0.5) is 0 Å². The van der Waals surface area contributed by atoms with Gasteiger partial charge in [0.1, 0.15) is 0 Å². The normalized spacial score (nSPS) is 11.8. The van der Waals surface area contributed by atoms with Crippen LogP contribution in [0.5, 0.6) is 0 Å². The van der Waals surface area contributed by atoms with Crippen LogP contribution in [0.3, 0.4) is 0 Å². The molecule has 0 aliphatic carbocycles. The number of hydrogen-bond donors (Lipinski definition) is 0. The molecule has 0 fully saturated rings. The maximum Gasteiger partial charge on any atom is 0.0449 e. The third-order valence-electron chi connectivity index (χ3n) is 1.93. The van der Waals surface area contributed by atoms with Crippen molar-refractivity contribution in [3.8, 4) is 0 Å². The Morgan fingerprint density at radius 1 is 1.25 bits per heavy atom. The molecular formula is C10H18N2. The predicted octanol–water partition coefficient (Wildman–Crippen LogP) is 1.98. The van der Waals surface area contributed by atoms with Crippen molar-refractivity contribution in [3.05, 3.63) is 24.0 Å². The molecule has 2 nitrogen and oxygen atoms in total. The summed E-state index contributed by atoms with van der Waals surface area (Å²) in [6.07, 6.45) is 2.08. The maximum absolute atomic E-state index is 2.22. The maximum atomic E-state index is 2.22. The first-order valence-electron chi connectivity index (χ1n) is 4.28. The van der Waals surface area contributed by atoms with Crippen LogP contribution in [0.2, 0.25) is 0 Å². The average molecular weight is 166 g/mol. The highest BCUT2D eigenvalue weighted by atomic mass is 15.5. The highest BCUT2D eigenvalue weighted by Gasteiger charge is 2.17. The molecule has 0 N–H and O–H groups in total. The Kier molecular flexibility index (Phi) is 2.18. The summed E-state index contributed by atoms with van der Waals surface area (Å²) in [7, 11) is 4.10. The fourth-order valence-corrected chi connectivity index (χ4v) is 1.31. The molecule has 0 aromatic carbocycles. The molecule has 0 saturated carbocycles. The molecule has 2 heteroatoms. The van der Waals surface area contributed by atoms with E-state index in [-0.39, 0.29) is 5.41 Å². The van der Waals surface area contributed by atoms with E-state index in [1.54, 1.807) is 0 Å². The lowest BCUT2D eigenvalue weighted by atomic mass is 9.92. The topological polar surface area (TPSA) is 8.17 Å². The van der Waals surface area contributed by atoms with E-state index in [2.05, 4.69) is 62.9 Å². The van der Waals surface area contributed by atoms with E-state index < -0.39 is 0 Å². The van der Waals surface area contributed by atoms with Crippen molar-refractivity contribution in [1.29, 1.82) is 0 Å². The van der Waals surface area contributed by atoms with Gasteiger partial charge in [0.25, 0.3) is 0 Å². The van der Waals surface area contributed by atoms with Gasteiger partial charge in [-0.05, 0) is 12.1 Å². The molecule has 1 aromatic rings. The number of nitrogens with zero attached hydrogens (tertiary/aromatic N) is 2. The Morgan fingerprint density at radius 2 is 1.83 bits per heavy atom. The monoisotopic (exact) mass is 166 g/mol. The van der Waals surface area contributed by atoms with E-state index >= 15 is 0 Å². The Hall–Kier alpha value is -0.920. The van der Waals surface area contributed by atoms with E-state index in [0.29, 0.717) is 0 Å². The second-order valence-corrected chi connectivity index (χ2v) is 4.34. The SMILES string of the molecule is CN(C)n1cccc1C(C)(C)C. The predicted molar refractivity (Wildman–Crippen MR) is 53.2 cm³/mol. The van der Waals surface area contributed by atoms with Crippen molar-refractivity contribution >= 4 is 0 Å². The standard InChI is InChI=1S/C10H18N2/c1-10(2,3)9-7-6-8-12(9)11(4)5/h6-8H,1-5H3. The summed E-state index contributed by atoms with van der Waals surface area (Å²) in [5.74, 6) is 0. The van der Waals surface area contributed by atoms with Crippen LogP contribution in [0.25, 0.3) is 0 Å². The fraction of sp³-hybridized carbons (Fsp3) is 0.600. The van der Waals surface area contributed by atoms with Gasteiger partial charge in [0, 0.05) is 31.4 Å². The molecule has 1 aromatic heterocycles. The van der Waals surface area contributed by atoms with Gasteiger partial charge in [-0.25, -0.2) is 0 Å². The van der Waals surface area contributed by atoms with Crippen LogP contribution in [-0.2, 0) is 5.41 Å². The van der Waals surface area contributed by atoms with Gasteiger partial charge in [-0.2, -0.15) is 0 Å².